The molecule has 2 fully saturated rings. The van der Waals surface area contributed by atoms with Gasteiger partial charge in [0, 0.05) is 52.1 Å². The number of methoxy groups -OCH3 is 1. The van der Waals surface area contributed by atoms with Gasteiger partial charge in [0.2, 0.25) is 5.91 Å². The monoisotopic (exact) mass is 333 g/mol. The van der Waals surface area contributed by atoms with Crippen LogP contribution < -0.4 is 5.32 Å². The summed E-state index contributed by atoms with van der Waals surface area (Å²) in [6.45, 7) is 5.88. The first-order valence-electron chi connectivity index (χ1n) is 8.71. The molecule has 0 aromatic carbocycles. The smallest absolute Gasteiger partial charge is 0.220 e. The maximum Gasteiger partial charge on any atom is 0.220 e. The van der Waals surface area contributed by atoms with Crippen LogP contribution in [0.1, 0.15) is 12.0 Å². The Morgan fingerprint density at radius 2 is 2.38 bits per heavy atom. The Kier molecular flexibility index (Phi) is 6.18. The van der Waals surface area contributed by atoms with E-state index in [4.69, 9.17) is 9.47 Å². The minimum atomic E-state index is 0.100. The van der Waals surface area contributed by atoms with Crippen molar-refractivity contribution in [2.75, 3.05) is 46.6 Å². The molecular weight excluding hydrogens is 306 g/mol. The van der Waals surface area contributed by atoms with Crippen molar-refractivity contribution in [1.82, 2.24) is 15.2 Å². The molecule has 1 aromatic heterocycles. The van der Waals surface area contributed by atoms with Gasteiger partial charge in [-0.15, -0.1) is 0 Å². The van der Waals surface area contributed by atoms with E-state index >= 15 is 0 Å². The minimum absolute atomic E-state index is 0.100. The molecule has 1 amide bonds. The van der Waals surface area contributed by atoms with Crippen LogP contribution in [0.4, 0.5) is 0 Å². The van der Waals surface area contributed by atoms with E-state index in [0.29, 0.717) is 37.3 Å². The highest BCUT2D eigenvalue weighted by molar-refractivity contribution is 5.76. The molecular formula is C18H27N3O3. The molecule has 6 heteroatoms. The molecule has 0 unspecified atom stereocenters. The van der Waals surface area contributed by atoms with Crippen LogP contribution in [-0.2, 0) is 20.8 Å². The van der Waals surface area contributed by atoms with Crippen molar-refractivity contribution in [3.05, 3.63) is 30.1 Å². The lowest BCUT2D eigenvalue weighted by atomic mass is 9.81. The fourth-order valence-electron chi connectivity index (χ4n) is 3.82. The van der Waals surface area contributed by atoms with Crippen LogP contribution in [-0.4, -0.2) is 62.4 Å². The van der Waals surface area contributed by atoms with Gasteiger partial charge in [-0.3, -0.25) is 9.78 Å². The van der Waals surface area contributed by atoms with E-state index < -0.39 is 0 Å². The van der Waals surface area contributed by atoms with Gasteiger partial charge in [0.15, 0.2) is 0 Å². The number of fused-ring (bicyclic) bond motifs is 1. The molecule has 6 nitrogen and oxygen atoms in total. The summed E-state index contributed by atoms with van der Waals surface area (Å²) in [6.07, 6.45) is 4.06. The summed E-state index contributed by atoms with van der Waals surface area (Å²) in [4.78, 5) is 18.8. The predicted molar refractivity (Wildman–Crippen MR) is 90.3 cm³/mol. The summed E-state index contributed by atoms with van der Waals surface area (Å²) in [5.41, 5.74) is 1.02. The van der Waals surface area contributed by atoms with Crippen molar-refractivity contribution in [2.45, 2.75) is 13.0 Å². The van der Waals surface area contributed by atoms with Gasteiger partial charge in [0.05, 0.1) is 19.8 Å². The van der Waals surface area contributed by atoms with Crippen LogP contribution in [0.25, 0.3) is 0 Å². The summed E-state index contributed by atoms with van der Waals surface area (Å²) >= 11 is 0. The second kappa shape index (κ2) is 8.55. The largest absolute Gasteiger partial charge is 0.383 e. The maximum atomic E-state index is 12.3. The predicted octanol–water partition coefficient (Wildman–Crippen LogP) is 0.929. The van der Waals surface area contributed by atoms with Crippen LogP contribution in [0, 0.1) is 17.8 Å². The molecule has 2 saturated heterocycles. The second-order valence-corrected chi connectivity index (χ2v) is 6.82. The van der Waals surface area contributed by atoms with Gasteiger partial charge in [-0.05, 0) is 29.4 Å². The number of aromatic nitrogens is 1. The number of nitrogens with zero attached hydrogens (tertiary/aromatic N) is 2. The van der Waals surface area contributed by atoms with Crippen LogP contribution in [0.2, 0.25) is 0 Å². The van der Waals surface area contributed by atoms with E-state index in [2.05, 4.69) is 15.2 Å². The van der Waals surface area contributed by atoms with Crippen molar-refractivity contribution in [3.63, 3.8) is 0 Å². The highest BCUT2D eigenvalue weighted by Gasteiger charge is 2.41. The third kappa shape index (κ3) is 4.53. The zero-order chi connectivity index (χ0) is 16.8. The van der Waals surface area contributed by atoms with Crippen LogP contribution in [0.15, 0.2) is 24.5 Å². The first-order chi connectivity index (χ1) is 11.8. The van der Waals surface area contributed by atoms with Gasteiger partial charge in [0.25, 0.3) is 0 Å². The first kappa shape index (κ1) is 17.3. The van der Waals surface area contributed by atoms with E-state index in [0.717, 1.165) is 38.4 Å². The highest BCUT2D eigenvalue weighted by Crippen LogP contribution is 2.35. The number of hydrogen-bond donors (Lipinski definition) is 1. The number of amides is 1. The van der Waals surface area contributed by atoms with Gasteiger partial charge in [-0.25, -0.2) is 0 Å². The van der Waals surface area contributed by atoms with Crippen molar-refractivity contribution >= 4 is 5.91 Å². The van der Waals surface area contributed by atoms with Crippen molar-refractivity contribution < 1.29 is 14.3 Å². The molecule has 0 radical (unpaired) electrons. The Hall–Kier alpha value is -1.50. The normalized spacial score (nSPS) is 27.0. The molecule has 0 bridgehead atoms. The third-order valence-corrected chi connectivity index (χ3v) is 5.11. The molecule has 0 spiro atoms. The topological polar surface area (TPSA) is 63.7 Å². The molecule has 2 aliphatic heterocycles. The zero-order valence-corrected chi connectivity index (χ0v) is 14.3. The number of ether oxygens (including phenoxy) is 2. The zero-order valence-electron chi connectivity index (χ0n) is 14.3. The van der Waals surface area contributed by atoms with E-state index in [-0.39, 0.29) is 5.91 Å². The lowest BCUT2D eigenvalue weighted by Crippen LogP contribution is -2.38. The van der Waals surface area contributed by atoms with Crippen molar-refractivity contribution in [1.29, 1.82) is 0 Å². The highest BCUT2D eigenvalue weighted by atomic mass is 16.5. The number of pyridine rings is 1. The standard InChI is InChI=1S/C18H27N3O3/c1-23-6-5-21-10-16-13-24-12-15(17(16)11-21)7-18(22)20-9-14-3-2-4-19-8-14/h2-4,8,15-17H,5-7,9-13H2,1H3,(H,20,22)/t15-,16-,17+/m1/s1. The second-order valence-electron chi connectivity index (χ2n) is 6.82. The van der Waals surface area contributed by atoms with E-state index in [1.54, 1.807) is 19.5 Å². The summed E-state index contributed by atoms with van der Waals surface area (Å²) in [7, 11) is 1.74. The summed E-state index contributed by atoms with van der Waals surface area (Å²) in [6, 6.07) is 3.85. The molecule has 0 saturated carbocycles. The Morgan fingerprint density at radius 1 is 1.46 bits per heavy atom. The van der Waals surface area contributed by atoms with E-state index in [9.17, 15) is 4.79 Å². The average Bonchev–Trinajstić information content (AvgIpc) is 3.03. The fourth-order valence-corrected chi connectivity index (χ4v) is 3.82. The lowest BCUT2D eigenvalue weighted by molar-refractivity contribution is -0.124. The maximum absolute atomic E-state index is 12.3. The van der Waals surface area contributed by atoms with Gasteiger partial charge in [-0.2, -0.15) is 0 Å². The van der Waals surface area contributed by atoms with Gasteiger partial charge >= 0.3 is 0 Å². The van der Waals surface area contributed by atoms with E-state index in [1.165, 1.54) is 0 Å². The van der Waals surface area contributed by atoms with Gasteiger partial charge < -0.3 is 19.7 Å². The lowest BCUT2D eigenvalue weighted by Gasteiger charge is -2.32. The Balaban J connectivity index is 1.48. The molecule has 2 aliphatic rings. The minimum Gasteiger partial charge on any atom is -0.383 e. The summed E-state index contributed by atoms with van der Waals surface area (Å²) in [5, 5.41) is 3.00. The molecule has 3 rings (SSSR count). The van der Waals surface area contributed by atoms with Crippen molar-refractivity contribution in [3.8, 4) is 0 Å². The number of carbonyl (C=O) groups is 1. The molecule has 0 aliphatic carbocycles. The first-order valence-corrected chi connectivity index (χ1v) is 8.71. The molecule has 3 atom stereocenters. The van der Waals surface area contributed by atoms with Crippen LogP contribution in [0.5, 0.6) is 0 Å². The molecule has 24 heavy (non-hydrogen) atoms. The van der Waals surface area contributed by atoms with Gasteiger partial charge in [0.1, 0.15) is 0 Å². The molecule has 1 aromatic rings. The number of carbonyl (C=O) groups excluding carboxylic acids is 1. The average molecular weight is 333 g/mol. The summed E-state index contributed by atoms with van der Waals surface area (Å²) in [5.74, 6) is 1.51. The third-order valence-electron chi connectivity index (χ3n) is 5.11. The Bertz CT molecular complexity index is 526. The van der Waals surface area contributed by atoms with Gasteiger partial charge in [-0.1, -0.05) is 6.07 Å². The van der Waals surface area contributed by atoms with Crippen LogP contribution >= 0.6 is 0 Å². The van der Waals surface area contributed by atoms with Crippen LogP contribution in [0.3, 0.4) is 0 Å². The number of rotatable bonds is 7. The SMILES string of the molecule is COCCN1C[C@@H]2COC[C@@H](CC(=O)NCc3cccnc3)[C@@H]2C1. The quantitative estimate of drug-likeness (QED) is 0.804. The fraction of sp³-hybridized carbons (Fsp3) is 0.667. The van der Waals surface area contributed by atoms with Crippen molar-refractivity contribution in [2.24, 2.45) is 17.8 Å². The number of nitrogens with one attached hydrogen (secondary N) is 1. The molecule has 3 heterocycles. The van der Waals surface area contributed by atoms with E-state index in [1.807, 2.05) is 12.1 Å². The Morgan fingerprint density at radius 3 is 3.17 bits per heavy atom. The number of hydrogen-bond acceptors (Lipinski definition) is 5. The number of likely N-dealkylation sites (tertiary alicyclic amines) is 1. The summed E-state index contributed by atoms with van der Waals surface area (Å²) < 4.78 is 10.9. The molecule has 132 valence electrons. The Labute approximate surface area is 143 Å². The molecule has 1 N–H and O–H groups in total.